The van der Waals surface area contributed by atoms with Crippen LogP contribution in [0.2, 0.25) is 5.02 Å². The lowest BCUT2D eigenvalue weighted by Gasteiger charge is -2.14. The predicted molar refractivity (Wildman–Crippen MR) is 93.9 cm³/mol. The van der Waals surface area contributed by atoms with Gasteiger partial charge in [-0.2, -0.15) is 0 Å². The van der Waals surface area contributed by atoms with Crippen molar-refractivity contribution in [3.05, 3.63) is 70.2 Å². The van der Waals surface area contributed by atoms with E-state index >= 15 is 0 Å². The highest BCUT2D eigenvalue weighted by Gasteiger charge is 2.12. The van der Waals surface area contributed by atoms with Gasteiger partial charge in [0.25, 0.3) is 5.91 Å². The number of ether oxygens (including phenoxy) is 1. The maximum Gasteiger partial charge on any atom is 0.310 e. The van der Waals surface area contributed by atoms with Crippen LogP contribution in [0.25, 0.3) is 0 Å². The van der Waals surface area contributed by atoms with Crippen molar-refractivity contribution in [1.29, 1.82) is 0 Å². The third kappa shape index (κ3) is 5.70. The molecule has 0 aliphatic rings. The first kappa shape index (κ1) is 18.0. The van der Waals surface area contributed by atoms with Gasteiger partial charge in [0.05, 0.1) is 12.5 Å². The van der Waals surface area contributed by atoms with E-state index in [4.69, 9.17) is 16.3 Å². The highest BCUT2D eigenvalue weighted by Crippen LogP contribution is 2.17. The molecule has 4 nitrogen and oxygen atoms in total. The van der Waals surface area contributed by atoms with E-state index < -0.39 is 5.97 Å². The molecule has 0 aliphatic heterocycles. The van der Waals surface area contributed by atoms with Gasteiger partial charge in [-0.3, -0.25) is 9.59 Å². The molecule has 5 heteroatoms. The van der Waals surface area contributed by atoms with Gasteiger partial charge in [0.2, 0.25) is 0 Å². The molecule has 0 bridgehead atoms. The molecule has 1 atom stereocenters. The SMILES string of the molecule is Cc1ccc(CC(=O)OCC(=O)N[C@H](C)c2cccc(Cl)c2)cc1. The van der Waals surface area contributed by atoms with Crippen molar-refractivity contribution in [2.75, 3.05) is 6.61 Å². The number of esters is 1. The van der Waals surface area contributed by atoms with Gasteiger partial charge in [-0.1, -0.05) is 53.6 Å². The third-order valence-corrected chi connectivity index (χ3v) is 3.79. The predicted octanol–water partition coefficient (Wildman–Crippen LogP) is 3.61. The first-order valence-corrected chi connectivity index (χ1v) is 8.08. The van der Waals surface area contributed by atoms with Crippen LogP contribution in [-0.2, 0) is 20.7 Å². The number of benzene rings is 2. The lowest BCUT2D eigenvalue weighted by atomic mass is 10.1. The quantitative estimate of drug-likeness (QED) is 0.814. The van der Waals surface area contributed by atoms with Gasteiger partial charge >= 0.3 is 5.97 Å². The molecule has 0 saturated carbocycles. The molecule has 0 heterocycles. The van der Waals surface area contributed by atoms with Crippen LogP contribution in [0.3, 0.4) is 0 Å². The van der Waals surface area contributed by atoms with Crippen molar-refractivity contribution in [1.82, 2.24) is 5.32 Å². The fourth-order valence-electron chi connectivity index (χ4n) is 2.21. The van der Waals surface area contributed by atoms with Crippen LogP contribution >= 0.6 is 11.6 Å². The molecule has 0 spiro atoms. The van der Waals surface area contributed by atoms with Crippen LogP contribution < -0.4 is 5.32 Å². The van der Waals surface area contributed by atoms with Crippen molar-refractivity contribution in [2.24, 2.45) is 0 Å². The summed E-state index contributed by atoms with van der Waals surface area (Å²) in [7, 11) is 0. The first-order chi connectivity index (χ1) is 11.4. The monoisotopic (exact) mass is 345 g/mol. The van der Waals surface area contributed by atoms with Crippen LogP contribution in [0, 0.1) is 6.92 Å². The fourth-order valence-corrected chi connectivity index (χ4v) is 2.41. The summed E-state index contributed by atoms with van der Waals surface area (Å²) in [4.78, 5) is 23.7. The highest BCUT2D eigenvalue weighted by molar-refractivity contribution is 6.30. The number of amides is 1. The van der Waals surface area contributed by atoms with Crippen LogP contribution in [0.1, 0.15) is 29.7 Å². The molecule has 2 aromatic rings. The average Bonchev–Trinajstić information content (AvgIpc) is 2.55. The van der Waals surface area contributed by atoms with E-state index in [-0.39, 0.29) is 25.0 Å². The van der Waals surface area contributed by atoms with Gasteiger partial charge in [0.15, 0.2) is 6.61 Å². The van der Waals surface area contributed by atoms with Crippen molar-refractivity contribution >= 4 is 23.5 Å². The minimum absolute atomic E-state index is 0.150. The van der Waals surface area contributed by atoms with E-state index in [1.807, 2.05) is 50.2 Å². The highest BCUT2D eigenvalue weighted by atomic mass is 35.5. The number of aryl methyl sites for hydroxylation is 1. The molecule has 0 aromatic heterocycles. The van der Waals surface area contributed by atoms with Crippen molar-refractivity contribution in [3.63, 3.8) is 0 Å². The molecule has 0 fully saturated rings. The van der Waals surface area contributed by atoms with Gasteiger partial charge in [-0.25, -0.2) is 0 Å². The zero-order valence-corrected chi connectivity index (χ0v) is 14.5. The standard InChI is InChI=1S/C19H20ClNO3/c1-13-6-8-15(9-7-13)10-19(23)24-12-18(22)21-14(2)16-4-3-5-17(20)11-16/h3-9,11,14H,10,12H2,1-2H3,(H,21,22)/t14-/m1/s1. The Morgan fingerprint density at radius 1 is 1.17 bits per heavy atom. The lowest BCUT2D eigenvalue weighted by molar-refractivity contribution is -0.148. The first-order valence-electron chi connectivity index (χ1n) is 7.70. The number of hydrogen-bond acceptors (Lipinski definition) is 3. The summed E-state index contributed by atoms with van der Waals surface area (Å²) in [5, 5.41) is 3.38. The summed E-state index contributed by atoms with van der Waals surface area (Å²) in [6, 6.07) is 14.6. The third-order valence-electron chi connectivity index (χ3n) is 3.56. The normalized spacial score (nSPS) is 11.6. The molecule has 1 amide bonds. The van der Waals surface area contributed by atoms with Gasteiger partial charge in [0.1, 0.15) is 0 Å². The van der Waals surface area contributed by atoms with Gasteiger partial charge in [-0.05, 0) is 37.1 Å². The number of hydrogen-bond donors (Lipinski definition) is 1. The summed E-state index contributed by atoms with van der Waals surface area (Å²) in [5.41, 5.74) is 2.88. The minimum atomic E-state index is -0.426. The summed E-state index contributed by atoms with van der Waals surface area (Å²) >= 11 is 5.93. The van der Waals surface area contributed by atoms with Crippen LogP contribution in [0.4, 0.5) is 0 Å². The van der Waals surface area contributed by atoms with Crippen LogP contribution in [0.15, 0.2) is 48.5 Å². The van der Waals surface area contributed by atoms with Gasteiger partial charge < -0.3 is 10.1 Å². The van der Waals surface area contributed by atoms with E-state index in [2.05, 4.69) is 5.32 Å². The molecule has 0 unspecified atom stereocenters. The lowest BCUT2D eigenvalue weighted by Crippen LogP contribution is -2.31. The van der Waals surface area contributed by atoms with Gasteiger partial charge in [-0.15, -0.1) is 0 Å². The summed E-state index contributed by atoms with van der Waals surface area (Å²) < 4.78 is 5.02. The molecule has 2 rings (SSSR count). The number of carbonyl (C=O) groups is 2. The molecule has 0 saturated heterocycles. The van der Waals surface area contributed by atoms with Crippen molar-refractivity contribution < 1.29 is 14.3 Å². The number of halogens is 1. The Morgan fingerprint density at radius 2 is 1.88 bits per heavy atom. The Kier molecular flexibility index (Phi) is 6.38. The van der Waals surface area contributed by atoms with Gasteiger partial charge in [0, 0.05) is 5.02 Å². The van der Waals surface area contributed by atoms with Crippen molar-refractivity contribution in [3.8, 4) is 0 Å². The van der Waals surface area contributed by atoms with E-state index in [0.29, 0.717) is 5.02 Å². The zero-order chi connectivity index (χ0) is 17.5. The molecule has 126 valence electrons. The Balaban J connectivity index is 1.78. The smallest absolute Gasteiger partial charge is 0.310 e. The summed E-state index contributed by atoms with van der Waals surface area (Å²) in [5.74, 6) is -0.774. The number of carbonyl (C=O) groups excluding carboxylic acids is 2. The second kappa shape index (κ2) is 8.50. The molecule has 24 heavy (non-hydrogen) atoms. The van der Waals surface area contributed by atoms with Crippen LogP contribution in [0.5, 0.6) is 0 Å². The maximum absolute atomic E-state index is 11.9. The second-order valence-electron chi connectivity index (χ2n) is 5.67. The number of nitrogens with one attached hydrogen (secondary N) is 1. The molecular formula is C19H20ClNO3. The molecule has 2 aromatic carbocycles. The minimum Gasteiger partial charge on any atom is -0.455 e. The Morgan fingerprint density at radius 3 is 2.54 bits per heavy atom. The molecule has 1 N–H and O–H groups in total. The van der Waals surface area contributed by atoms with Crippen LogP contribution in [-0.4, -0.2) is 18.5 Å². The zero-order valence-electron chi connectivity index (χ0n) is 13.7. The Hall–Kier alpha value is -2.33. The summed E-state index contributed by atoms with van der Waals surface area (Å²) in [6.45, 7) is 3.53. The van der Waals surface area contributed by atoms with E-state index in [1.54, 1.807) is 12.1 Å². The van der Waals surface area contributed by atoms with Crippen molar-refractivity contribution in [2.45, 2.75) is 26.3 Å². The molecule has 0 radical (unpaired) electrons. The maximum atomic E-state index is 11.9. The Bertz CT molecular complexity index is 713. The fraction of sp³-hybridized carbons (Fsp3) is 0.263. The van der Waals surface area contributed by atoms with E-state index in [0.717, 1.165) is 16.7 Å². The topological polar surface area (TPSA) is 55.4 Å². The second-order valence-corrected chi connectivity index (χ2v) is 6.10. The number of rotatable bonds is 6. The molecule has 0 aliphatic carbocycles. The van der Waals surface area contributed by atoms with E-state index in [9.17, 15) is 9.59 Å². The Labute approximate surface area is 146 Å². The largest absolute Gasteiger partial charge is 0.455 e. The van der Waals surface area contributed by atoms with E-state index in [1.165, 1.54) is 0 Å². The summed E-state index contributed by atoms with van der Waals surface area (Å²) in [6.07, 6.45) is 0.150. The average molecular weight is 346 g/mol. The molecular weight excluding hydrogens is 326 g/mol.